The van der Waals surface area contributed by atoms with Crippen LogP contribution in [0.25, 0.3) is 0 Å². The Hall–Kier alpha value is -0.0900. The second-order valence-corrected chi connectivity index (χ2v) is 9.95. The van der Waals surface area contributed by atoms with Crippen LogP contribution in [0.4, 0.5) is 0 Å². The third-order valence-corrected chi connectivity index (χ3v) is 7.92. The third kappa shape index (κ3) is 3.56. The van der Waals surface area contributed by atoms with Gasteiger partial charge in [0.2, 0.25) is 0 Å². The Balaban J connectivity index is 2.17. The molecule has 2 atom stereocenters. The van der Waals surface area contributed by atoms with E-state index in [0.29, 0.717) is 0 Å². The molecule has 2 unspecified atom stereocenters. The number of rotatable bonds is 5. The highest BCUT2D eigenvalue weighted by Crippen LogP contribution is 2.41. The highest BCUT2D eigenvalue weighted by molar-refractivity contribution is 7.92. The molecule has 0 aromatic carbocycles. The maximum absolute atomic E-state index is 13.0. The average Bonchev–Trinajstić information content (AvgIpc) is 2.91. The normalized spacial score (nSPS) is 31.6. The van der Waals surface area contributed by atoms with Crippen LogP contribution in [0, 0.1) is 5.41 Å². The van der Waals surface area contributed by atoms with Crippen LogP contribution in [0.1, 0.15) is 72.1 Å². The molecule has 1 N–H and O–H groups in total. The van der Waals surface area contributed by atoms with Gasteiger partial charge in [-0.2, -0.15) is 0 Å². The summed E-state index contributed by atoms with van der Waals surface area (Å²) in [5.74, 6) is 0. The molecule has 0 spiro atoms. The summed E-state index contributed by atoms with van der Waals surface area (Å²) in [6, 6.07) is 0.175. The van der Waals surface area contributed by atoms with Crippen molar-refractivity contribution in [2.45, 2.75) is 88.7 Å². The standard InChI is InChI=1S/C16H31NO2S/c1-4-11-17-14-9-10-16(2,3)12-15(14)20(18,19)13-7-5-6-8-13/h13-15,17H,4-12H2,1-3H3. The van der Waals surface area contributed by atoms with Crippen molar-refractivity contribution in [2.24, 2.45) is 5.41 Å². The van der Waals surface area contributed by atoms with Gasteiger partial charge in [-0.1, -0.05) is 33.6 Å². The van der Waals surface area contributed by atoms with E-state index in [9.17, 15) is 8.42 Å². The zero-order chi connectivity index (χ0) is 14.8. The molecular formula is C16H31NO2S. The van der Waals surface area contributed by atoms with Crippen molar-refractivity contribution < 1.29 is 8.42 Å². The van der Waals surface area contributed by atoms with Gasteiger partial charge in [0.05, 0.1) is 10.5 Å². The van der Waals surface area contributed by atoms with Gasteiger partial charge in [0.15, 0.2) is 9.84 Å². The molecule has 2 aliphatic carbocycles. The van der Waals surface area contributed by atoms with Crippen molar-refractivity contribution >= 4 is 9.84 Å². The monoisotopic (exact) mass is 301 g/mol. The number of hydrogen-bond acceptors (Lipinski definition) is 3. The lowest BCUT2D eigenvalue weighted by atomic mass is 9.75. The first kappa shape index (κ1) is 16.3. The van der Waals surface area contributed by atoms with E-state index in [1.54, 1.807) is 0 Å². The largest absolute Gasteiger partial charge is 0.313 e. The Morgan fingerprint density at radius 3 is 2.40 bits per heavy atom. The molecule has 2 fully saturated rings. The van der Waals surface area contributed by atoms with Gasteiger partial charge in [0.1, 0.15) is 0 Å². The fourth-order valence-electron chi connectivity index (χ4n) is 3.89. The second-order valence-electron chi connectivity index (χ2n) is 7.50. The molecule has 2 saturated carbocycles. The molecule has 3 nitrogen and oxygen atoms in total. The predicted molar refractivity (Wildman–Crippen MR) is 84.7 cm³/mol. The van der Waals surface area contributed by atoms with E-state index in [1.165, 1.54) is 0 Å². The minimum atomic E-state index is -2.97. The van der Waals surface area contributed by atoms with Gasteiger partial charge in [0, 0.05) is 6.04 Å². The van der Waals surface area contributed by atoms with Crippen LogP contribution in [-0.4, -0.2) is 31.5 Å². The van der Waals surface area contributed by atoms with Crippen LogP contribution in [0.2, 0.25) is 0 Å². The summed E-state index contributed by atoms with van der Waals surface area (Å²) in [5, 5.41) is 3.28. The van der Waals surface area contributed by atoms with Crippen molar-refractivity contribution in [3.8, 4) is 0 Å². The number of nitrogens with one attached hydrogen (secondary N) is 1. The van der Waals surface area contributed by atoms with Gasteiger partial charge in [-0.15, -0.1) is 0 Å². The van der Waals surface area contributed by atoms with Gasteiger partial charge in [0.25, 0.3) is 0 Å². The Morgan fingerprint density at radius 2 is 1.80 bits per heavy atom. The van der Waals surface area contributed by atoms with Crippen LogP contribution in [-0.2, 0) is 9.84 Å². The topological polar surface area (TPSA) is 46.2 Å². The van der Waals surface area contributed by atoms with Crippen LogP contribution in [0.15, 0.2) is 0 Å². The SMILES string of the molecule is CCCNC1CCC(C)(C)CC1S(=O)(=O)C1CCCC1. The number of hydrogen-bond donors (Lipinski definition) is 1. The zero-order valence-electron chi connectivity index (χ0n) is 13.3. The Bertz CT molecular complexity index is 410. The van der Waals surface area contributed by atoms with Gasteiger partial charge in [-0.05, 0) is 50.5 Å². The van der Waals surface area contributed by atoms with E-state index in [2.05, 4.69) is 26.1 Å². The minimum absolute atomic E-state index is 0.0627. The van der Waals surface area contributed by atoms with E-state index in [4.69, 9.17) is 0 Å². The smallest absolute Gasteiger partial charge is 0.157 e. The van der Waals surface area contributed by atoms with Gasteiger partial charge < -0.3 is 5.32 Å². The van der Waals surface area contributed by atoms with Crippen molar-refractivity contribution in [3.05, 3.63) is 0 Å². The third-order valence-electron chi connectivity index (χ3n) is 5.18. The lowest BCUT2D eigenvalue weighted by Gasteiger charge is -2.41. The predicted octanol–water partition coefficient (Wildman–Crippen LogP) is 3.29. The van der Waals surface area contributed by atoms with Crippen LogP contribution in [0.5, 0.6) is 0 Å². The lowest BCUT2D eigenvalue weighted by Crippen LogP contribution is -2.52. The van der Waals surface area contributed by atoms with Crippen LogP contribution < -0.4 is 5.32 Å². The van der Waals surface area contributed by atoms with Gasteiger partial charge >= 0.3 is 0 Å². The molecule has 2 aliphatic rings. The van der Waals surface area contributed by atoms with Crippen molar-refractivity contribution in [2.75, 3.05) is 6.54 Å². The van der Waals surface area contributed by atoms with Crippen molar-refractivity contribution in [1.82, 2.24) is 5.32 Å². The fourth-order valence-corrected chi connectivity index (χ4v) is 6.75. The van der Waals surface area contributed by atoms with Crippen LogP contribution in [0.3, 0.4) is 0 Å². The molecule has 4 heteroatoms. The van der Waals surface area contributed by atoms with E-state index in [1.807, 2.05) is 0 Å². The molecule has 0 aliphatic heterocycles. The summed E-state index contributed by atoms with van der Waals surface area (Å²) in [4.78, 5) is 0. The summed E-state index contributed by atoms with van der Waals surface area (Å²) in [5.41, 5.74) is 0.167. The van der Waals surface area contributed by atoms with E-state index in [0.717, 1.165) is 57.9 Å². The lowest BCUT2D eigenvalue weighted by molar-refractivity contribution is 0.208. The quantitative estimate of drug-likeness (QED) is 0.847. The Kier molecular flexibility index (Phi) is 5.17. The fraction of sp³-hybridized carbons (Fsp3) is 1.00. The Morgan fingerprint density at radius 1 is 1.15 bits per heavy atom. The molecule has 0 aromatic heterocycles. The maximum Gasteiger partial charge on any atom is 0.157 e. The number of sulfone groups is 1. The molecule has 20 heavy (non-hydrogen) atoms. The second kappa shape index (κ2) is 6.35. The van der Waals surface area contributed by atoms with E-state index >= 15 is 0 Å². The van der Waals surface area contributed by atoms with Crippen LogP contribution >= 0.6 is 0 Å². The van der Waals surface area contributed by atoms with Crippen molar-refractivity contribution in [1.29, 1.82) is 0 Å². The average molecular weight is 301 g/mol. The molecule has 0 saturated heterocycles. The summed E-state index contributed by atoms with van der Waals surface area (Å²) >= 11 is 0. The first-order valence-electron chi connectivity index (χ1n) is 8.33. The summed E-state index contributed by atoms with van der Waals surface area (Å²) in [6.45, 7) is 7.52. The highest BCUT2D eigenvalue weighted by atomic mass is 32.2. The molecular weight excluding hydrogens is 270 g/mol. The molecule has 0 radical (unpaired) electrons. The molecule has 2 rings (SSSR count). The minimum Gasteiger partial charge on any atom is -0.313 e. The maximum atomic E-state index is 13.0. The summed E-state index contributed by atoms with van der Waals surface area (Å²) in [6.07, 6.45) is 7.98. The van der Waals surface area contributed by atoms with E-state index in [-0.39, 0.29) is 22.0 Å². The summed E-state index contributed by atoms with van der Waals surface area (Å²) < 4.78 is 26.0. The van der Waals surface area contributed by atoms with Crippen molar-refractivity contribution in [3.63, 3.8) is 0 Å². The molecule has 0 bridgehead atoms. The first-order chi connectivity index (χ1) is 9.37. The highest BCUT2D eigenvalue weighted by Gasteiger charge is 2.45. The van der Waals surface area contributed by atoms with Gasteiger partial charge in [-0.25, -0.2) is 8.42 Å². The van der Waals surface area contributed by atoms with Gasteiger partial charge in [-0.3, -0.25) is 0 Å². The van der Waals surface area contributed by atoms with E-state index < -0.39 is 9.84 Å². The molecule has 118 valence electrons. The molecule has 0 heterocycles. The Labute approximate surface area is 124 Å². The molecule has 0 aromatic rings. The molecule has 0 amide bonds. The summed E-state index contributed by atoms with van der Waals surface area (Å²) in [7, 11) is -2.97. The zero-order valence-corrected chi connectivity index (χ0v) is 14.1. The first-order valence-corrected chi connectivity index (χ1v) is 9.94.